The summed E-state index contributed by atoms with van der Waals surface area (Å²) in [5.74, 6) is -1.20. The van der Waals surface area contributed by atoms with Crippen LogP contribution in [0.25, 0.3) is 0 Å². The summed E-state index contributed by atoms with van der Waals surface area (Å²) in [4.78, 5) is 11.2. The molecule has 0 radical (unpaired) electrons. The average Bonchev–Trinajstić information content (AvgIpc) is 2.40. The van der Waals surface area contributed by atoms with Gasteiger partial charge in [0.05, 0.1) is 5.56 Å². The van der Waals surface area contributed by atoms with Crippen LogP contribution in [0, 0.1) is 0 Å². The molecule has 0 aliphatic carbocycles. The maximum Gasteiger partial charge on any atom is 0.422 e. The van der Waals surface area contributed by atoms with Gasteiger partial charge in [-0.3, -0.25) is 4.79 Å². The first kappa shape index (κ1) is 18.3. The monoisotopic (exact) mass is 329 g/mol. The summed E-state index contributed by atoms with van der Waals surface area (Å²) in [6.45, 7) is -1.72. The number of aryl methyl sites for hydroxylation is 1. The maximum absolute atomic E-state index is 12.3. The minimum atomic E-state index is -4.64. The van der Waals surface area contributed by atoms with Crippen LogP contribution in [0.2, 0.25) is 0 Å². The summed E-state index contributed by atoms with van der Waals surface area (Å²) < 4.78 is 76.6. The third-order valence-electron chi connectivity index (χ3n) is 2.71. The number of alkyl halides is 6. The van der Waals surface area contributed by atoms with Gasteiger partial charge in [-0.1, -0.05) is 12.1 Å². The molecule has 0 aromatic heterocycles. The molecule has 0 saturated heterocycles. The quantitative estimate of drug-likeness (QED) is 0.667. The zero-order chi connectivity index (χ0) is 17.0. The number of hydrogen-bond acceptors (Lipinski definition) is 3. The van der Waals surface area contributed by atoms with E-state index in [0.29, 0.717) is 5.56 Å². The summed E-state index contributed by atoms with van der Waals surface area (Å²) in [6, 6.07) is 2.92. The number of ether oxygens (including phenoxy) is 1. The number of halogens is 6. The minimum Gasteiger partial charge on any atom is -0.455 e. The summed E-state index contributed by atoms with van der Waals surface area (Å²) in [5, 5.41) is 0. The predicted octanol–water partition coefficient (Wildman–Crippen LogP) is 3.07. The molecule has 0 spiro atoms. The predicted molar refractivity (Wildman–Crippen MR) is 64.8 cm³/mol. The fraction of sp³-hybridized carbons (Fsp3) is 0.462. The van der Waals surface area contributed by atoms with Crippen LogP contribution < -0.4 is 5.73 Å². The Morgan fingerprint density at radius 1 is 1.09 bits per heavy atom. The number of carbonyl (C=O) groups excluding carboxylic acids is 1. The Bertz CT molecular complexity index is 495. The van der Waals surface area contributed by atoms with Crippen LogP contribution in [-0.4, -0.2) is 24.8 Å². The van der Waals surface area contributed by atoms with Gasteiger partial charge in [0.25, 0.3) is 0 Å². The highest BCUT2D eigenvalue weighted by Crippen LogP contribution is 2.29. The zero-order valence-corrected chi connectivity index (χ0v) is 11.2. The maximum atomic E-state index is 12.3. The van der Waals surface area contributed by atoms with Crippen molar-refractivity contribution < 1.29 is 35.9 Å². The molecular formula is C13H13F6NO2. The Kier molecular flexibility index (Phi) is 5.81. The number of carbonyl (C=O) groups is 1. The van der Waals surface area contributed by atoms with Crippen molar-refractivity contribution in [2.75, 3.05) is 6.61 Å². The van der Waals surface area contributed by atoms with Gasteiger partial charge in [0, 0.05) is 0 Å². The van der Waals surface area contributed by atoms with Gasteiger partial charge in [-0.2, -0.15) is 26.3 Å². The van der Waals surface area contributed by atoms with E-state index >= 15 is 0 Å². The first-order valence-corrected chi connectivity index (χ1v) is 6.14. The van der Waals surface area contributed by atoms with Crippen LogP contribution in [0.5, 0.6) is 0 Å². The lowest BCUT2D eigenvalue weighted by Crippen LogP contribution is -2.35. The van der Waals surface area contributed by atoms with Gasteiger partial charge in [-0.15, -0.1) is 0 Å². The molecule has 9 heteroatoms. The third-order valence-corrected chi connectivity index (χ3v) is 2.71. The van der Waals surface area contributed by atoms with Crippen LogP contribution >= 0.6 is 0 Å². The fourth-order valence-electron chi connectivity index (χ4n) is 1.56. The zero-order valence-electron chi connectivity index (χ0n) is 11.2. The molecule has 22 heavy (non-hydrogen) atoms. The molecule has 124 valence electrons. The summed E-state index contributed by atoms with van der Waals surface area (Å²) in [6.07, 6.45) is -8.98. The highest BCUT2D eigenvalue weighted by molar-refractivity contribution is 5.75. The smallest absolute Gasteiger partial charge is 0.422 e. The second-order valence-corrected chi connectivity index (χ2v) is 4.56. The first-order valence-electron chi connectivity index (χ1n) is 6.14. The van der Waals surface area contributed by atoms with Gasteiger partial charge < -0.3 is 10.5 Å². The van der Waals surface area contributed by atoms with E-state index < -0.39 is 36.5 Å². The van der Waals surface area contributed by atoms with Gasteiger partial charge >= 0.3 is 18.3 Å². The van der Waals surface area contributed by atoms with Crippen molar-refractivity contribution in [1.82, 2.24) is 0 Å². The molecule has 1 aromatic carbocycles. The summed E-state index contributed by atoms with van der Waals surface area (Å²) >= 11 is 0. The standard InChI is InChI=1S/C13H13F6NO2/c14-12(15,16)7-22-11(21)10(20)6-3-8-1-4-9(5-2-8)13(17,18)19/h1-2,4-5,10H,3,6-7,20H2/t10-/m0/s1. The van der Waals surface area contributed by atoms with E-state index in [1.165, 1.54) is 12.1 Å². The van der Waals surface area contributed by atoms with Gasteiger partial charge in [0.2, 0.25) is 0 Å². The van der Waals surface area contributed by atoms with E-state index in [1.807, 2.05) is 0 Å². The average molecular weight is 329 g/mol. The fourth-order valence-corrected chi connectivity index (χ4v) is 1.56. The van der Waals surface area contributed by atoms with E-state index in [1.54, 1.807) is 0 Å². The number of hydrogen-bond donors (Lipinski definition) is 1. The Morgan fingerprint density at radius 2 is 1.64 bits per heavy atom. The van der Waals surface area contributed by atoms with Crippen LogP contribution in [0.1, 0.15) is 17.5 Å². The Balaban J connectivity index is 2.47. The lowest BCUT2D eigenvalue weighted by Gasteiger charge is -2.13. The number of rotatable bonds is 5. The lowest BCUT2D eigenvalue weighted by atomic mass is 10.0. The number of benzene rings is 1. The van der Waals surface area contributed by atoms with E-state index in [2.05, 4.69) is 4.74 Å². The Morgan fingerprint density at radius 3 is 2.09 bits per heavy atom. The molecule has 0 fully saturated rings. The topological polar surface area (TPSA) is 52.3 Å². The molecule has 0 saturated carbocycles. The van der Waals surface area contributed by atoms with E-state index in [4.69, 9.17) is 5.73 Å². The molecular weight excluding hydrogens is 316 g/mol. The summed E-state index contributed by atoms with van der Waals surface area (Å²) in [7, 11) is 0. The summed E-state index contributed by atoms with van der Waals surface area (Å²) in [5.41, 5.74) is 5.04. The molecule has 1 atom stereocenters. The van der Waals surface area contributed by atoms with Crippen LogP contribution in [0.3, 0.4) is 0 Å². The van der Waals surface area contributed by atoms with Gasteiger partial charge in [-0.25, -0.2) is 0 Å². The normalized spacial score (nSPS) is 13.8. The van der Waals surface area contributed by atoms with Crippen molar-refractivity contribution in [1.29, 1.82) is 0 Å². The van der Waals surface area contributed by atoms with Gasteiger partial charge in [-0.05, 0) is 30.5 Å². The van der Waals surface area contributed by atoms with Crippen molar-refractivity contribution in [3.63, 3.8) is 0 Å². The molecule has 0 amide bonds. The van der Waals surface area contributed by atoms with Crippen molar-refractivity contribution in [2.45, 2.75) is 31.2 Å². The van der Waals surface area contributed by atoms with Crippen molar-refractivity contribution in [2.24, 2.45) is 5.73 Å². The van der Waals surface area contributed by atoms with Crippen molar-refractivity contribution in [3.8, 4) is 0 Å². The third kappa shape index (κ3) is 6.33. The van der Waals surface area contributed by atoms with Crippen molar-refractivity contribution in [3.05, 3.63) is 35.4 Å². The molecule has 0 heterocycles. The molecule has 1 aromatic rings. The molecule has 0 aliphatic heterocycles. The molecule has 0 bridgehead atoms. The van der Waals surface area contributed by atoms with Gasteiger partial charge in [0.15, 0.2) is 6.61 Å². The minimum absolute atomic E-state index is 0.0396. The Labute approximate surface area is 122 Å². The van der Waals surface area contributed by atoms with E-state index in [9.17, 15) is 31.1 Å². The molecule has 3 nitrogen and oxygen atoms in total. The second-order valence-electron chi connectivity index (χ2n) is 4.56. The highest BCUT2D eigenvalue weighted by Gasteiger charge is 2.31. The van der Waals surface area contributed by atoms with Crippen LogP contribution in [0.4, 0.5) is 26.3 Å². The largest absolute Gasteiger partial charge is 0.455 e. The molecule has 0 unspecified atom stereocenters. The van der Waals surface area contributed by atoms with Crippen LogP contribution in [-0.2, 0) is 22.1 Å². The highest BCUT2D eigenvalue weighted by atomic mass is 19.4. The molecule has 1 rings (SSSR count). The number of nitrogens with two attached hydrogens (primary N) is 1. The van der Waals surface area contributed by atoms with Crippen molar-refractivity contribution >= 4 is 5.97 Å². The van der Waals surface area contributed by atoms with Gasteiger partial charge in [0.1, 0.15) is 6.04 Å². The lowest BCUT2D eigenvalue weighted by molar-refractivity contribution is -0.187. The van der Waals surface area contributed by atoms with E-state index in [0.717, 1.165) is 12.1 Å². The second kappa shape index (κ2) is 6.99. The first-order chi connectivity index (χ1) is 9.99. The van der Waals surface area contributed by atoms with E-state index in [-0.39, 0.29) is 12.8 Å². The molecule has 0 aliphatic rings. The Hall–Kier alpha value is -1.77. The van der Waals surface area contributed by atoms with Crippen LogP contribution in [0.15, 0.2) is 24.3 Å². The SMILES string of the molecule is N[C@@H](CCc1ccc(C(F)(F)F)cc1)C(=O)OCC(F)(F)F. The number of esters is 1. The molecule has 2 N–H and O–H groups in total.